The smallest absolute Gasteiger partial charge is 0.271 e. The molecule has 0 unspecified atom stereocenters. The highest BCUT2D eigenvalue weighted by Crippen LogP contribution is 2.20. The van der Waals surface area contributed by atoms with Crippen molar-refractivity contribution >= 4 is 17.5 Å². The molecule has 31 heavy (non-hydrogen) atoms. The fraction of sp³-hybridized carbons (Fsp3) is 0.190. The van der Waals surface area contributed by atoms with E-state index in [1.54, 1.807) is 35.2 Å². The molecule has 1 amide bonds. The molecule has 3 aromatic heterocycles. The molecule has 4 rings (SSSR count). The Kier molecular flexibility index (Phi) is 5.77. The van der Waals surface area contributed by atoms with Crippen LogP contribution in [0.4, 0.5) is 4.39 Å². The maximum Gasteiger partial charge on any atom is 0.271 e. The molecular formula is C21H18ClFN6O2. The van der Waals surface area contributed by atoms with E-state index in [1.807, 2.05) is 13.8 Å². The van der Waals surface area contributed by atoms with Crippen LogP contribution in [-0.2, 0) is 6.54 Å². The first-order valence-corrected chi connectivity index (χ1v) is 9.85. The molecule has 0 aliphatic carbocycles. The summed E-state index contributed by atoms with van der Waals surface area (Å²) in [5.41, 5.74) is 1.59. The van der Waals surface area contributed by atoms with E-state index in [9.17, 15) is 9.18 Å². The first kappa shape index (κ1) is 20.7. The molecule has 158 valence electrons. The number of rotatable bonds is 6. The van der Waals surface area contributed by atoms with Crippen LogP contribution in [0.3, 0.4) is 0 Å². The van der Waals surface area contributed by atoms with Gasteiger partial charge in [0.1, 0.15) is 23.7 Å². The molecule has 0 aliphatic heterocycles. The van der Waals surface area contributed by atoms with Gasteiger partial charge in [-0.05, 0) is 29.8 Å². The third-order valence-electron chi connectivity index (χ3n) is 4.47. The number of amides is 1. The summed E-state index contributed by atoms with van der Waals surface area (Å²) in [5.74, 6) is 0.891. The molecule has 8 nitrogen and oxygen atoms in total. The summed E-state index contributed by atoms with van der Waals surface area (Å²) in [6.45, 7) is 4.16. The summed E-state index contributed by atoms with van der Waals surface area (Å²) < 4.78 is 20.1. The van der Waals surface area contributed by atoms with Crippen molar-refractivity contribution in [2.45, 2.75) is 26.3 Å². The molecule has 0 saturated heterocycles. The van der Waals surface area contributed by atoms with E-state index in [0.717, 1.165) is 0 Å². The van der Waals surface area contributed by atoms with Crippen molar-refractivity contribution in [3.63, 3.8) is 0 Å². The van der Waals surface area contributed by atoms with Gasteiger partial charge in [0.15, 0.2) is 5.82 Å². The van der Waals surface area contributed by atoms with Gasteiger partial charge in [0.25, 0.3) is 11.8 Å². The van der Waals surface area contributed by atoms with Crippen molar-refractivity contribution in [1.82, 2.24) is 30.0 Å². The lowest BCUT2D eigenvalue weighted by atomic mass is 10.2. The molecule has 1 aromatic carbocycles. The van der Waals surface area contributed by atoms with Gasteiger partial charge in [0.2, 0.25) is 0 Å². The molecular weight excluding hydrogens is 423 g/mol. The SMILES string of the molecule is CC(C)c1noc(-c2ccc(-n3cnc(C(=O)NCc4ccc(F)c(Cl)c4)c3)nc2)n1. The fourth-order valence-electron chi connectivity index (χ4n) is 2.74. The Morgan fingerprint density at radius 1 is 1.26 bits per heavy atom. The predicted octanol–water partition coefficient (Wildman–Crippen LogP) is 4.16. The Morgan fingerprint density at radius 2 is 2.10 bits per heavy atom. The van der Waals surface area contributed by atoms with Crippen LogP contribution < -0.4 is 5.32 Å². The molecule has 0 bridgehead atoms. The molecule has 0 fully saturated rings. The van der Waals surface area contributed by atoms with Gasteiger partial charge in [-0.1, -0.05) is 36.7 Å². The number of imidazole rings is 1. The number of carbonyl (C=O) groups excluding carboxylic acids is 1. The fourth-order valence-corrected chi connectivity index (χ4v) is 2.94. The van der Waals surface area contributed by atoms with Crippen molar-refractivity contribution in [1.29, 1.82) is 0 Å². The Labute approximate surface area is 182 Å². The average Bonchev–Trinajstić information content (AvgIpc) is 3.45. The summed E-state index contributed by atoms with van der Waals surface area (Å²) in [7, 11) is 0. The largest absolute Gasteiger partial charge is 0.347 e. The Bertz CT molecular complexity index is 1220. The minimum Gasteiger partial charge on any atom is -0.347 e. The third-order valence-corrected chi connectivity index (χ3v) is 4.76. The van der Waals surface area contributed by atoms with E-state index in [1.165, 1.54) is 18.5 Å². The monoisotopic (exact) mass is 440 g/mol. The van der Waals surface area contributed by atoms with Crippen LogP contribution in [0.25, 0.3) is 17.3 Å². The van der Waals surface area contributed by atoms with Crippen molar-refractivity contribution < 1.29 is 13.7 Å². The lowest BCUT2D eigenvalue weighted by Crippen LogP contribution is -2.23. The van der Waals surface area contributed by atoms with E-state index >= 15 is 0 Å². The molecule has 10 heteroatoms. The summed E-state index contributed by atoms with van der Waals surface area (Å²) in [6.07, 6.45) is 4.68. The average molecular weight is 441 g/mol. The zero-order valence-electron chi connectivity index (χ0n) is 16.7. The van der Waals surface area contributed by atoms with Crippen LogP contribution in [0.2, 0.25) is 5.02 Å². The Hall–Kier alpha value is -3.59. The van der Waals surface area contributed by atoms with Gasteiger partial charge in [-0.2, -0.15) is 4.98 Å². The number of aromatic nitrogens is 5. The summed E-state index contributed by atoms with van der Waals surface area (Å²) in [6, 6.07) is 7.84. The minimum absolute atomic E-state index is 0.00603. The van der Waals surface area contributed by atoms with Gasteiger partial charge in [0, 0.05) is 24.9 Å². The maximum atomic E-state index is 13.2. The molecule has 0 radical (unpaired) electrons. The Morgan fingerprint density at radius 3 is 2.77 bits per heavy atom. The number of halogens is 2. The first-order chi connectivity index (χ1) is 14.9. The van der Waals surface area contributed by atoms with Gasteiger partial charge in [-0.25, -0.2) is 14.4 Å². The number of nitrogens with zero attached hydrogens (tertiary/aromatic N) is 5. The second-order valence-corrected chi connectivity index (χ2v) is 7.52. The predicted molar refractivity (Wildman–Crippen MR) is 111 cm³/mol. The topological polar surface area (TPSA) is 98.7 Å². The molecule has 1 N–H and O–H groups in total. The number of pyridine rings is 1. The molecule has 0 saturated carbocycles. The van der Waals surface area contributed by atoms with E-state index in [4.69, 9.17) is 16.1 Å². The summed E-state index contributed by atoms with van der Waals surface area (Å²) in [4.78, 5) is 25.2. The van der Waals surface area contributed by atoms with Crippen LogP contribution in [0, 0.1) is 5.82 Å². The van der Waals surface area contributed by atoms with Gasteiger partial charge in [-0.3, -0.25) is 9.36 Å². The van der Waals surface area contributed by atoms with E-state index in [2.05, 4.69) is 25.4 Å². The van der Waals surface area contributed by atoms with Crippen LogP contribution in [0.15, 0.2) is 53.6 Å². The number of hydrogen-bond donors (Lipinski definition) is 1. The molecule has 0 atom stereocenters. The normalized spacial score (nSPS) is 11.1. The van der Waals surface area contributed by atoms with Crippen molar-refractivity contribution in [3.8, 4) is 17.3 Å². The summed E-state index contributed by atoms with van der Waals surface area (Å²) in [5, 5.41) is 6.68. The quantitative estimate of drug-likeness (QED) is 0.483. The molecule has 4 aromatic rings. The van der Waals surface area contributed by atoms with E-state index in [0.29, 0.717) is 28.7 Å². The highest BCUT2D eigenvalue weighted by Gasteiger charge is 2.14. The van der Waals surface area contributed by atoms with Gasteiger partial charge >= 0.3 is 0 Å². The second kappa shape index (κ2) is 8.65. The van der Waals surface area contributed by atoms with Gasteiger partial charge < -0.3 is 9.84 Å². The van der Waals surface area contributed by atoms with Crippen molar-refractivity contribution in [2.75, 3.05) is 0 Å². The summed E-state index contributed by atoms with van der Waals surface area (Å²) >= 11 is 5.76. The van der Waals surface area contributed by atoms with Gasteiger partial charge in [-0.15, -0.1) is 0 Å². The van der Waals surface area contributed by atoms with Crippen LogP contribution >= 0.6 is 11.6 Å². The number of hydrogen-bond acceptors (Lipinski definition) is 6. The molecule has 0 spiro atoms. The molecule has 0 aliphatic rings. The van der Waals surface area contributed by atoms with Crippen molar-refractivity contribution in [3.05, 3.63) is 77.0 Å². The van der Waals surface area contributed by atoms with Gasteiger partial charge in [0.05, 0.1) is 10.6 Å². The van der Waals surface area contributed by atoms with Crippen LogP contribution in [0.5, 0.6) is 0 Å². The number of carbonyl (C=O) groups is 1. The number of nitrogens with one attached hydrogen (secondary N) is 1. The van der Waals surface area contributed by atoms with Crippen LogP contribution in [0.1, 0.15) is 41.6 Å². The first-order valence-electron chi connectivity index (χ1n) is 9.47. The van der Waals surface area contributed by atoms with Crippen molar-refractivity contribution in [2.24, 2.45) is 0 Å². The van der Waals surface area contributed by atoms with Crippen LogP contribution in [-0.4, -0.2) is 30.6 Å². The lowest BCUT2D eigenvalue weighted by Gasteiger charge is -2.04. The standard InChI is InChI=1S/C21H18ClFN6O2/c1-12(2)19-27-21(31-28-19)14-4-6-18(24-9-14)29-10-17(26-11-29)20(30)25-8-13-3-5-16(23)15(22)7-13/h3-7,9-12H,8H2,1-2H3,(H,25,30). The van der Waals surface area contributed by atoms with E-state index < -0.39 is 5.82 Å². The highest BCUT2D eigenvalue weighted by atomic mass is 35.5. The molecule has 3 heterocycles. The van der Waals surface area contributed by atoms with E-state index in [-0.39, 0.29) is 29.1 Å². The lowest BCUT2D eigenvalue weighted by molar-refractivity contribution is 0.0946. The third kappa shape index (κ3) is 4.61. The zero-order chi connectivity index (χ0) is 22.0. The zero-order valence-corrected chi connectivity index (χ0v) is 17.5. The Balaban J connectivity index is 1.42. The number of benzene rings is 1. The minimum atomic E-state index is -0.506. The second-order valence-electron chi connectivity index (χ2n) is 7.11. The highest BCUT2D eigenvalue weighted by molar-refractivity contribution is 6.30. The maximum absolute atomic E-state index is 13.2.